The summed E-state index contributed by atoms with van der Waals surface area (Å²) < 4.78 is 53.4. The molecule has 2 aliphatic rings. The Bertz CT molecular complexity index is 934. The Morgan fingerprint density at radius 2 is 2.00 bits per heavy atom. The Hall–Kier alpha value is -2.04. The Morgan fingerprint density at radius 3 is 2.56 bits per heavy atom. The molecule has 1 atom stereocenters. The number of ether oxygens (including phenoxy) is 2. The number of benzene rings is 1. The first-order chi connectivity index (χ1) is 16.4. The predicted octanol–water partition coefficient (Wildman–Crippen LogP) is 4.66. The number of piperidine rings is 1. The number of fused-ring (bicyclic) bond motifs is 1. The van der Waals surface area contributed by atoms with E-state index >= 15 is 0 Å². The van der Waals surface area contributed by atoms with Crippen LogP contribution in [0.3, 0.4) is 0 Å². The molecule has 7 nitrogen and oxygen atoms in total. The molecular formula is C25H37ClF3N3O4. The molecule has 0 spiro atoms. The van der Waals surface area contributed by atoms with Gasteiger partial charge in [-0.15, -0.1) is 12.4 Å². The van der Waals surface area contributed by atoms with Crippen LogP contribution in [-0.2, 0) is 15.7 Å². The number of halogens is 4. The van der Waals surface area contributed by atoms with Gasteiger partial charge >= 0.3 is 6.18 Å². The van der Waals surface area contributed by atoms with Gasteiger partial charge in [0, 0.05) is 38.9 Å². The molecule has 0 aliphatic carbocycles. The Kier molecular flexibility index (Phi) is 10.1. The van der Waals surface area contributed by atoms with E-state index in [2.05, 4.69) is 5.32 Å². The van der Waals surface area contributed by atoms with Gasteiger partial charge in [0.15, 0.2) is 5.60 Å². The smallest absolute Gasteiger partial charge is 0.417 e. The third-order valence-corrected chi connectivity index (χ3v) is 6.49. The average molecular weight is 536 g/mol. The van der Waals surface area contributed by atoms with Crippen molar-refractivity contribution in [2.75, 3.05) is 38.3 Å². The second-order valence-corrected chi connectivity index (χ2v) is 9.94. The van der Waals surface area contributed by atoms with E-state index in [1.165, 1.54) is 29.7 Å². The molecule has 0 bridgehead atoms. The highest BCUT2D eigenvalue weighted by Crippen LogP contribution is 2.44. The molecule has 2 heterocycles. The third kappa shape index (κ3) is 6.44. The SMILES string of the molecule is COCCCCN1C(=O)C(C)(C)Oc2cc(C(F)(F)F)c(C(=O)N(C(C)C)[C@@H]3CCCNC3)cc21.Cl. The van der Waals surface area contributed by atoms with Crippen LogP contribution in [0.1, 0.15) is 69.3 Å². The number of carbonyl (C=O) groups excluding carboxylic acids is 2. The molecule has 1 aromatic rings. The van der Waals surface area contributed by atoms with Crippen LogP contribution in [0, 0.1) is 0 Å². The van der Waals surface area contributed by atoms with Crippen LogP contribution in [-0.4, -0.2) is 67.7 Å². The molecule has 36 heavy (non-hydrogen) atoms. The van der Waals surface area contributed by atoms with E-state index in [1.54, 1.807) is 21.0 Å². The van der Waals surface area contributed by atoms with Crippen molar-refractivity contribution < 1.29 is 32.2 Å². The molecule has 204 valence electrons. The van der Waals surface area contributed by atoms with Gasteiger partial charge in [-0.2, -0.15) is 13.2 Å². The maximum atomic E-state index is 14.2. The van der Waals surface area contributed by atoms with E-state index in [0.717, 1.165) is 19.0 Å². The van der Waals surface area contributed by atoms with Crippen molar-refractivity contribution in [3.63, 3.8) is 0 Å². The zero-order valence-corrected chi connectivity index (χ0v) is 22.4. The lowest BCUT2D eigenvalue weighted by atomic mass is 9.96. The molecule has 2 aliphatic heterocycles. The first kappa shape index (κ1) is 30.2. The first-order valence-corrected chi connectivity index (χ1v) is 12.2. The fraction of sp³-hybridized carbons (Fsp3) is 0.680. The Morgan fingerprint density at radius 1 is 1.31 bits per heavy atom. The Balaban J connectivity index is 0.00000456. The summed E-state index contributed by atoms with van der Waals surface area (Å²) >= 11 is 0. The van der Waals surface area contributed by atoms with Gasteiger partial charge in [-0.1, -0.05) is 0 Å². The van der Waals surface area contributed by atoms with E-state index in [0.29, 0.717) is 32.4 Å². The molecule has 11 heteroatoms. The van der Waals surface area contributed by atoms with Crippen LogP contribution in [0.15, 0.2) is 12.1 Å². The number of unbranched alkanes of at least 4 members (excludes halogenated alkanes) is 1. The number of anilines is 1. The van der Waals surface area contributed by atoms with E-state index in [9.17, 15) is 22.8 Å². The van der Waals surface area contributed by atoms with Gasteiger partial charge < -0.3 is 24.6 Å². The van der Waals surface area contributed by atoms with Crippen LogP contribution in [0.25, 0.3) is 0 Å². The fourth-order valence-corrected chi connectivity index (χ4v) is 4.80. The fourth-order valence-electron chi connectivity index (χ4n) is 4.80. The van der Waals surface area contributed by atoms with E-state index in [1.807, 2.05) is 0 Å². The number of amides is 2. The van der Waals surface area contributed by atoms with Gasteiger partial charge in [-0.3, -0.25) is 9.59 Å². The largest absolute Gasteiger partial charge is 0.476 e. The molecule has 1 saturated heterocycles. The zero-order valence-electron chi connectivity index (χ0n) is 21.5. The molecule has 2 amide bonds. The van der Waals surface area contributed by atoms with Crippen molar-refractivity contribution >= 4 is 29.9 Å². The van der Waals surface area contributed by atoms with E-state index in [-0.39, 0.29) is 48.4 Å². The normalized spacial score (nSPS) is 19.4. The van der Waals surface area contributed by atoms with Crippen molar-refractivity contribution in [1.82, 2.24) is 10.2 Å². The van der Waals surface area contributed by atoms with E-state index < -0.39 is 28.8 Å². The van der Waals surface area contributed by atoms with Crippen molar-refractivity contribution in [3.05, 3.63) is 23.3 Å². The summed E-state index contributed by atoms with van der Waals surface area (Å²) in [6, 6.07) is 1.55. The lowest BCUT2D eigenvalue weighted by Gasteiger charge is -2.40. The number of methoxy groups -OCH3 is 1. The molecular weight excluding hydrogens is 499 g/mol. The summed E-state index contributed by atoms with van der Waals surface area (Å²) in [5.41, 5.74) is -2.66. The molecule has 3 rings (SSSR count). The van der Waals surface area contributed by atoms with Gasteiger partial charge in [-0.05, 0) is 72.1 Å². The van der Waals surface area contributed by atoms with Crippen LogP contribution in [0.4, 0.5) is 18.9 Å². The van der Waals surface area contributed by atoms with Crippen molar-refractivity contribution in [3.8, 4) is 5.75 Å². The summed E-state index contributed by atoms with van der Waals surface area (Å²) in [6.45, 7) is 8.79. The zero-order chi connectivity index (χ0) is 26.0. The summed E-state index contributed by atoms with van der Waals surface area (Å²) in [4.78, 5) is 29.8. The number of carbonyl (C=O) groups is 2. The van der Waals surface area contributed by atoms with Crippen molar-refractivity contribution in [1.29, 1.82) is 0 Å². The number of alkyl halides is 3. The molecule has 1 N–H and O–H groups in total. The number of nitrogens with zero attached hydrogens (tertiary/aromatic N) is 2. The maximum Gasteiger partial charge on any atom is 0.417 e. The van der Waals surface area contributed by atoms with Gasteiger partial charge in [-0.25, -0.2) is 0 Å². The molecule has 0 unspecified atom stereocenters. The minimum absolute atomic E-state index is 0. The molecule has 1 fully saturated rings. The predicted molar refractivity (Wildman–Crippen MR) is 134 cm³/mol. The summed E-state index contributed by atoms with van der Waals surface area (Å²) in [5.74, 6) is -1.11. The third-order valence-electron chi connectivity index (χ3n) is 6.49. The first-order valence-electron chi connectivity index (χ1n) is 12.2. The van der Waals surface area contributed by atoms with Crippen LogP contribution < -0.4 is 15.0 Å². The van der Waals surface area contributed by atoms with Crippen molar-refractivity contribution in [2.45, 2.75) is 77.2 Å². The molecule has 1 aromatic carbocycles. The van der Waals surface area contributed by atoms with Crippen LogP contribution in [0.5, 0.6) is 5.75 Å². The van der Waals surface area contributed by atoms with Crippen LogP contribution in [0.2, 0.25) is 0 Å². The quantitative estimate of drug-likeness (QED) is 0.490. The average Bonchev–Trinajstić information content (AvgIpc) is 2.78. The standard InChI is InChI=1S/C25H36F3N3O4.ClH/c1-16(2)31(17-9-8-10-29-15-17)22(32)18-13-20-21(14-19(18)25(26,27)28)35-24(3,4)23(33)30(20)11-6-7-12-34-5;/h13-14,16-17,29H,6-12,15H2,1-5H3;1H/t17-;/m1./s1. The highest BCUT2D eigenvalue weighted by atomic mass is 35.5. The highest BCUT2D eigenvalue weighted by Gasteiger charge is 2.45. The Labute approximate surface area is 217 Å². The topological polar surface area (TPSA) is 71.1 Å². The molecule has 0 radical (unpaired) electrons. The monoisotopic (exact) mass is 535 g/mol. The summed E-state index contributed by atoms with van der Waals surface area (Å²) in [6.07, 6.45) is -1.95. The lowest BCUT2D eigenvalue weighted by molar-refractivity contribution is -0.138. The van der Waals surface area contributed by atoms with Crippen LogP contribution >= 0.6 is 12.4 Å². The number of hydrogen-bond donors (Lipinski definition) is 1. The molecule has 0 saturated carbocycles. The highest BCUT2D eigenvalue weighted by molar-refractivity contribution is 6.05. The second kappa shape index (κ2) is 12.0. The number of nitrogens with one attached hydrogen (secondary N) is 1. The molecule has 0 aromatic heterocycles. The second-order valence-electron chi connectivity index (χ2n) is 9.94. The van der Waals surface area contributed by atoms with Gasteiger partial charge in [0.25, 0.3) is 11.8 Å². The van der Waals surface area contributed by atoms with Gasteiger partial charge in [0.05, 0.1) is 16.8 Å². The minimum atomic E-state index is -4.77. The lowest BCUT2D eigenvalue weighted by Crippen LogP contribution is -2.53. The maximum absolute atomic E-state index is 14.2. The van der Waals surface area contributed by atoms with Gasteiger partial charge in [0.1, 0.15) is 5.75 Å². The number of hydrogen-bond acceptors (Lipinski definition) is 5. The van der Waals surface area contributed by atoms with E-state index in [4.69, 9.17) is 9.47 Å². The minimum Gasteiger partial charge on any atom is -0.476 e. The summed E-state index contributed by atoms with van der Waals surface area (Å²) in [5, 5.41) is 3.23. The summed E-state index contributed by atoms with van der Waals surface area (Å²) in [7, 11) is 1.58. The number of rotatable bonds is 8. The van der Waals surface area contributed by atoms with Crippen molar-refractivity contribution in [2.24, 2.45) is 0 Å². The van der Waals surface area contributed by atoms with Gasteiger partial charge in [0.2, 0.25) is 0 Å².